The van der Waals surface area contributed by atoms with Crippen LogP contribution in [0.5, 0.6) is 0 Å². The molecule has 1 aromatic carbocycles. The zero-order chi connectivity index (χ0) is 14.4. The first-order valence-electron chi connectivity index (χ1n) is 5.92. The number of urea groups is 1. The summed E-state index contributed by atoms with van der Waals surface area (Å²) in [5, 5.41) is 14.0. The molecule has 2 amide bonds. The minimum Gasteiger partial charge on any atom is -0.481 e. The van der Waals surface area contributed by atoms with E-state index in [2.05, 4.69) is 26.6 Å². The van der Waals surface area contributed by atoms with Crippen molar-refractivity contribution < 1.29 is 14.7 Å². The van der Waals surface area contributed by atoms with Crippen LogP contribution in [-0.4, -0.2) is 23.7 Å². The van der Waals surface area contributed by atoms with Gasteiger partial charge < -0.3 is 15.7 Å². The predicted molar refractivity (Wildman–Crippen MR) is 77.3 cm³/mol. The van der Waals surface area contributed by atoms with Crippen molar-refractivity contribution in [2.75, 3.05) is 11.9 Å². The molecule has 0 spiro atoms. The van der Waals surface area contributed by atoms with Crippen molar-refractivity contribution in [1.82, 2.24) is 5.32 Å². The summed E-state index contributed by atoms with van der Waals surface area (Å²) < 4.78 is 0.921. The van der Waals surface area contributed by atoms with Crippen LogP contribution in [0.2, 0.25) is 0 Å². The summed E-state index contributed by atoms with van der Waals surface area (Å²) >= 11 is 3.39. The normalized spacial score (nSPS) is 11.7. The molecule has 0 heterocycles. The topological polar surface area (TPSA) is 78.4 Å². The van der Waals surface area contributed by atoms with E-state index >= 15 is 0 Å². The van der Waals surface area contributed by atoms with Gasteiger partial charge in [0.15, 0.2) is 0 Å². The van der Waals surface area contributed by atoms with Crippen molar-refractivity contribution in [1.29, 1.82) is 0 Å². The molecule has 0 fully saturated rings. The smallest absolute Gasteiger partial charge is 0.319 e. The van der Waals surface area contributed by atoms with Gasteiger partial charge in [0.05, 0.1) is 0 Å². The van der Waals surface area contributed by atoms with Crippen LogP contribution in [0, 0.1) is 12.8 Å². The van der Waals surface area contributed by atoms with Crippen molar-refractivity contribution in [3.8, 4) is 0 Å². The molecule has 1 atom stereocenters. The maximum Gasteiger partial charge on any atom is 0.319 e. The number of anilines is 1. The van der Waals surface area contributed by atoms with Gasteiger partial charge in [0.1, 0.15) is 0 Å². The fourth-order valence-corrected chi connectivity index (χ4v) is 1.91. The highest BCUT2D eigenvalue weighted by Gasteiger charge is 2.10. The van der Waals surface area contributed by atoms with E-state index < -0.39 is 5.97 Å². The number of nitrogens with one attached hydrogen (secondary N) is 2. The molecule has 0 saturated heterocycles. The molecular formula is C13H17BrN2O3. The van der Waals surface area contributed by atoms with Crippen molar-refractivity contribution in [3.05, 3.63) is 28.2 Å². The first kappa shape index (κ1) is 15.5. The van der Waals surface area contributed by atoms with Crippen molar-refractivity contribution in [2.45, 2.75) is 20.3 Å². The van der Waals surface area contributed by atoms with Gasteiger partial charge >= 0.3 is 12.0 Å². The van der Waals surface area contributed by atoms with Gasteiger partial charge in [-0.2, -0.15) is 0 Å². The highest BCUT2D eigenvalue weighted by molar-refractivity contribution is 9.10. The Morgan fingerprint density at radius 1 is 1.42 bits per heavy atom. The molecule has 6 heteroatoms. The van der Waals surface area contributed by atoms with E-state index in [0.717, 1.165) is 15.7 Å². The highest BCUT2D eigenvalue weighted by atomic mass is 79.9. The second kappa shape index (κ2) is 7.13. The summed E-state index contributed by atoms with van der Waals surface area (Å²) in [6.07, 6.45) is 0.0379. The van der Waals surface area contributed by atoms with Crippen molar-refractivity contribution in [2.24, 2.45) is 5.92 Å². The molecule has 0 aliphatic heterocycles. The minimum absolute atomic E-state index is 0.0379. The zero-order valence-corrected chi connectivity index (χ0v) is 12.5. The summed E-state index contributed by atoms with van der Waals surface area (Å²) in [6, 6.07) is 5.20. The number of carboxylic acids is 1. The Hall–Kier alpha value is -1.56. The molecular weight excluding hydrogens is 312 g/mol. The number of amides is 2. The Balaban J connectivity index is 2.47. The Morgan fingerprint density at radius 3 is 2.74 bits per heavy atom. The van der Waals surface area contributed by atoms with Gasteiger partial charge in [0, 0.05) is 23.1 Å². The molecule has 0 aliphatic carbocycles. The molecule has 1 rings (SSSR count). The van der Waals surface area contributed by atoms with Crippen LogP contribution >= 0.6 is 15.9 Å². The largest absolute Gasteiger partial charge is 0.481 e. The fourth-order valence-electron chi connectivity index (χ4n) is 1.55. The molecule has 3 N–H and O–H groups in total. The summed E-state index contributed by atoms with van der Waals surface area (Å²) in [7, 11) is 0. The number of hydrogen-bond acceptors (Lipinski definition) is 2. The van der Waals surface area contributed by atoms with E-state index in [-0.39, 0.29) is 18.4 Å². The van der Waals surface area contributed by atoms with E-state index in [1.54, 1.807) is 13.0 Å². The number of benzene rings is 1. The van der Waals surface area contributed by atoms with Gasteiger partial charge in [0.25, 0.3) is 0 Å². The van der Waals surface area contributed by atoms with Gasteiger partial charge in [-0.25, -0.2) is 4.79 Å². The molecule has 0 aliphatic rings. The van der Waals surface area contributed by atoms with E-state index in [9.17, 15) is 9.59 Å². The Morgan fingerprint density at radius 2 is 2.11 bits per heavy atom. The Bertz CT molecular complexity index is 477. The van der Waals surface area contributed by atoms with Crippen LogP contribution in [0.25, 0.3) is 0 Å². The van der Waals surface area contributed by atoms with E-state index in [1.165, 1.54) is 0 Å². The van der Waals surface area contributed by atoms with Crippen LogP contribution in [0.15, 0.2) is 22.7 Å². The molecule has 104 valence electrons. The zero-order valence-electron chi connectivity index (χ0n) is 10.9. The van der Waals surface area contributed by atoms with Crippen molar-refractivity contribution >= 4 is 33.6 Å². The van der Waals surface area contributed by atoms with Gasteiger partial charge in [-0.05, 0) is 30.5 Å². The molecule has 1 unspecified atom stereocenters. The predicted octanol–water partition coefficient (Wildman–Crippen LogP) is 2.99. The van der Waals surface area contributed by atoms with Gasteiger partial charge in [0.2, 0.25) is 0 Å². The lowest BCUT2D eigenvalue weighted by Crippen LogP contribution is -2.33. The quantitative estimate of drug-likeness (QED) is 0.777. The van der Waals surface area contributed by atoms with Crippen LogP contribution < -0.4 is 10.6 Å². The maximum atomic E-state index is 11.7. The second-order valence-electron chi connectivity index (χ2n) is 4.45. The molecule has 0 saturated carbocycles. The third kappa shape index (κ3) is 5.30. The van der Waals surface area contributed by atoms with Crippen LogP contribution in [0.1, 0.15) is 18.9 Å². The van der Waals surface area contributed by atoms with Crippen LogP contribution in [0.4, 0.5) is 10.5 Å². The highest BCUT2D eigenvalue weighted by Crippen LogP contribution is 2.23. The Kier molecular flexibility index (Phi) is 5.82. The van der Waals surface area contributed by atoms with Gasteiger partial charge in [-0.15, -0.1) is 0 Å². The molecule has 5 nitrogen and oxygen atoms in total. The SMILES string of the molecule is Cc1c(Br)cccc1NC(=O)NCC(C)CC(=O)O. The minimum atomic E-state index is -0.863. The molecule has 0 radical (unpaired) electrons. The summed E-state index contributed by atoms with van der Waals surface area (Å²) in [6.45, 7) is 4.00. The van der Waals surface area contributed by atoms with Crippen LogP contribution in [0.3, 0.4) is 0 Å². The third-order valence-corrected chi connectivity index (χ3v) is 3.51. The lowest BCUT2D eigenvalue weighted by atomic mass is 10.1. The van der Waals surface area contributed by atoms with Crippen molar-refractivity contribution in [3.63, 3.8) is 0 Å². The lowest BCUT2D eigenvalue weighted by molar-refractivity contribution is -0.137. The average Bonchev–Trinajstić information content (AvgIpc) is 2.32. The van der Waals surface area contributed by atoms with E-state index in [0.29, 0.717) is 6.54 Å². The average molecular weight is 329 g/mol. The van der Waals surface area contributed by atoms with E-state index in [4.69, 9.17) is 5.11 Å². The number of carboxylic acid groups (broad SMARTS) is 1. The molecule has 0 aromatic heterocycles. The maximum absolute atomic E-state index is 11.7. The number of hydrogen-bond donors (Lipinski definition) is 3. The molecule has 1 aromatic rings. The third-order valence-electron chi connectivity index (χ3n) is 2.65. The van der Waals surface area contributed by atoms with Gasteiger partial charge in [-0.1, -0.05) is 28.9 Å². The first-order valence-corrected chi connectivity index (χ1v) is 6.71. The Labute approximate surface area is 120 Å². The molecule has 0 bridgehead atoms. The number of rotatable bonds is 5. The number of aliphatic carboxylic acids is 1. The summed E-state index contributed by atoms with van der Waals surface area (Å²) in [4.78, 5) is 22.2. The first-order chi connectivity index (χ1) is 8.90. The fraction of sp³-hybridized carbons (Fsp3) is 0.385. The van der Waals surface area contributed by atoms with Crippen LogP contribution in [-0.2, 0) is 4.79 Å². The number of halogens is 1. The van der Waals surface area contributed by atoms with E-state index in [1.807, 2.05) is 19.1 Å². The summed E-state index contributed by atoms with van der Waals surface area (Å²) in [5.74, 6) is -0.968. The lowest BCUT2D eigenvalue weighted by Gasteiger charge is -2.13. The second-order valence-corrected chi connectivity index (χ2v) is 5.30. The summed E-state index contributed by atoms with van der Waals surface area (Å²) in [5.41, 5.74) is 1.66. The number of carbonyl (C=O) groups excluding carboxylic acids is 1. The standard InChI is InChI=1S/C13H17BrN2O3/c1-8(6-12(17)18)7-15-13(19)16-11-5-3-4-10(14)9(11)2/h3-5,8H,6-7H2,1-2H3,(H,17,18)(H2,15,16,19). The van der Waals surface area contributed by atoms with Gasteiger partial charge in [-0.3, -0.25) is 4.79 Å². The monoisotopic (exact) mass is 328 g/mol. The number of carbonyl (C=O) groups is 2. The molecule has 19 heavy (non-hydrogen) atoms.